The average molecular weight is 335 g/mol. The van der Waals surface area contributed by atoms with Crippen molar-refractivity contribution in [3.8, 4) is 0 Å². The van der Waals surface area contributed by atoms with Crippen LogP contribution in [-0.4, -0.2) is 0 Å². The van der Waals surface area contributed by atoms with Gasteiger partial charge in [0.25, 0.3) is 0 Å². The van der Waals surface area contributed by atoms with Crippen molar-refractivity contribution in [3.63, 3.8) is 0 Å². The molecule has 1 aromatic heterocycles. The third-order valence-corrected chi connectivity index (χ3v) is 4.23. The molecule has 5 heteroatoms. The minimum Gasteiger partial charge on any atom is -0.324 e. The quantitative estimate of drug-likeness (QED) is 0.876. The van der Waals surface area contributed by atoms with Gasteiger partial charge in [-0.05, 0) is 57.1 Å². The molecule has 1 atom stereocenters. The maximum atomic E-state index is 13.6. The highest BCUT2D eigenvalue weighted by Crippen LogP contribution is 2.27. The molecule has 0 saturated carbocycles. The maximum Gasteiger partial charge on any atom is 0.127 e. The van der Waals surface area contributed by atoms with Crippen molar-refractivity contribution in [1.82, 2.24) is 0 Å². The number of rotatable bonds is 3. The number of halogens is 3. The van der Waals surface area contributed by atoms with Crippen LogP contribution >= 0.6 is 38.9 Å². The highest BCUT2D eigenvalue weighted by Gasteiger charge is 2.12. The normalized spacial score (nSPS) is 12.7. The zero-order valence-electron chi connectivity index (χ0n) is 8.79. The zero-order valence-corrected chi connectivity index (χ0v) is 11.9. The summed E-state index contributed by atoms with van der Waals surface area (Å²) in [6.45, 7) is 0. The molecule has 0 bridgehead atoms. The Labute approximate surface area is 117 Å². The lowest BCUT2D eigenvalue weighted by Crippen LogP contribution is -2.13. The first-order valence-corrected chi connectivity index (χ1v) is 7.05. The fourth-order valence-corrected chi connectivity index (χ4v) is 2.96. The van der Waals surface area contributed by atoms with Crippen molar-refractivity contribution < 1.29 is 4.39 Å². The third-order valence-electron chi connectivity index (χ3n) is 2.47. The molecule has 0 spiro atoms. The van der Waals surface area contributed by atoms with E-state index in [4.69, 9.17) is 17.3 Å². The van der Waals surface area contributed by atoms with E-state index in [1.807, 2.05) is 11.4 Å². The first kappa shape index (κ1) is 13.0. The molecule has 2 N–H and O–H groups in total. The molecule has 0 fully saturated rings. The largest absolute Gasteiger partial charge is 0.324 e. The van der Waals surface area contributed by atoms with Crippen LogP contribution in [0.4, 0.5) is 4.39 Å². The fourth-order valence-electron chi connectivity index (χ4n) is 1.56. The van der Waals surface area contributed by atoms with E-state index in [2.05, 4.69) is 15.9 Å². The summed E-state index contributed by atoms with van der Waals surface area (Å²) in [5.41, 5.74) is 7.63. The van der Waals surface area contributed by atoms with E-state index >= 15 is 0 Å². The smallest absolute Gasteiger partial charge is 0.127 e. The second-order valence-corrected chi connectivity index (χ2v) is 6.46. The summed E-state index contributed by atoms with van der Waals surface area (Å²) in [5.74, 6) is -0.303. The van der Waals surface area contributed by atoms with Crippen molar-refractivity contribution in [3.05, 3.63) is 55.4 Å². The van der Waals surface area contributed by atoms with Gasteiger partial charge in [-0.2, -0.15) is 0 Å². The SMILES string of the molecule is NC(Cc1ccc(Cl)cc1F)c1csc(Br)c1. The number of hydrogen-bond acceptors (Lipinski definition) is 2. The van der Waals surface area contributed by atoms with Crippen LogP contribution in [-0.2, 0) is 6.42 Å². The highest BCUT2D eigenvalue weighted by molar-refractivity contribution is 9.11. The van der Waals surface area contributed by atoms with Crippen molar-refractivity contribution in [2.24, 2.45) is 5.73 Å². The molecule has 0 amide bonds. The molecule has 1 nitrogen and oxygen atoms in total. The van der Waals surface area contributed by atoms with Gasteiger partial charge in [0.1, 0.15) is 5.82 Å². The van der Waals surface area contributed by atoms with Crippen LogP contribution in [0, 0.1) is 5.82 Å². The van der Waals surface area contributed by atoms with Gasteiger partial charge in [0, 0.05) is 11.1 Å². The van der Waals surface area contributed by atoms with E-state index in [0.29, 0.717) is 17.0 Å². The molecule has 90 valence electrons. The summed E-state index contributed by atoms with van der Waals surface area (Å²) in [6, 6.07) is 6.43. The van der Waals surface area contributed by atoms with Gasteiger partial charge in [0.15, 0.2) is 0 Å². The van der Waals surface area contributed by atoms with Gasteiger partial charge in [-0.1, -0.05) is 17.7 Å². The standard InChI is InChI=1S/C12H10BrClFNS/c13-12-4-8(6-17-12)11(16)3-7-1-2-9(14)5-10(7)15/h1-2,4-6,11H,3,16H2. The summed E-state index contributed by atoms with van der Waals surface area (Å²) in [5, 5.41) is 2.38. The van der Waals surface area contributed by atoms with E-state index in [9.17, 15) is 4.39 Å². The number of nitrogens with two attached hydrogens (primary N) is 1. The molecule has 0 aliphatic heterocycles. The lowest BCUT2D eigenvalue weighted by Gasteiger charge is -2.10. The molecule has 0 saturated heterocycles. The van der Waals surface area contributed by atoms with Crippen LogP contribution in [0.15, 0.2) is 33.4 Å². The molecule has 0 aliphatic rings. The van der Waals surface area contributed by atoms with Gasteiger partial charge in [-0.25, -0.2) is 4.39 Å². The molecule has 2 rings (SSSR count). The Morgan fingerprint density at radius 2 is 2.18 bits per heavy atom. The summed E-state index contributed by atoms with van der Waals surface area (Å²) in [4.78, 5) is 0. The summed E-state index contributed by atoms with van der Waals surface area (Å²) in [6.07, 6.45) is 0.464. The third kappa shape index (κ3) is 3.28. The van der Waals surface area contributed by atoms with Gasteiger partial charge in [-0.3, -0.25) is 0 Å². The Balaban J connectivity index is 2.15. The van der Waals surface area contributed by atoms with Crippen LogP contribution < -0.4 is 5.73 Å². The molecule has 0 aliphatic carbocycles. The Morgan fingerprint density at radius 1 is 1.41 bits per heavy atom. The molecule has 1 unspecified atom stereocenters. The predicted octanol–water partition coefficient (Wildman–Crippen LogP) is 4.55. The van der Waals surface area contributed by atoms with Crippen LogP contribution in [0.5, 0.6) is 0 Å². The van der Waals surface area contributed by atoms with E-state index in [1.54, 1.807) is 23.5 Å². The molecule has 1 aromatic carbocycles. The van der Waals surface area contributed by atoms with Crippen LogP contribution in [0.2, 0.25) is 5.02 Å². The minimum atomic E-state index is -0.303. The monoisotopic (exact) mass is 333 g/mol. The van der Waals surface area contributed by atoms with Crippen molar-refractivity contribution in [1.29, 1.82) is 0 Å². The molecule has 1 heterocycles. The molecular formula is C12H10BrClFNS. The van der Waals surface area contributed by atoms with Gasteiger partial charge in [0.05, 0.1) is 3.79 Å². The average Bonchev–Trinajstić information content (AvgIpc) is 2.69. The van der Waals surface area contributed by atoms with E-state index in [0.717, 1.165) is 9.35 Å². The Hall–Kier alpha value is -0.420. The van der Waals surface area contributed by atoms with Crippen LogP contribution in [0.1, 0.15) is 17.2 Å². The summed E-state index contributed by atoms with van der Waals surface area (Å²) < 4.78 is 14.6. The Morgan fingerprint density at radius 3 is 2.76 bits per heavy atom. The molecule has 2 aromatic rings. The molecular weight excluding hydrogens is 325 g/mol. The molecule has 0 radical (unpaired) electrons. The summed E-state index contributed by atoms with van der Waals surface area (Å²) in [7, 11) is 0. The first-order valence-electron chi connectivity index (χ1n) is 4.99. The van der Waals surface area contributed by atoms with Crippen LogP contribution in [0.3, 0.4) is 0 Å². The predicted molar refractivity (Wildman–Crippen MR) is 74.1 cm³/mol. The van der Waals surface area contributed by atoms with Crippen molar-refractivity contribution >= 4 is 38.9 Å². The van der Waals surface area contributed by atoms with Crippen molar-refractivity contribution in [2.45, 2.75) is 12.5 Å². The lowest BCUT2D eigenvalue weighted by atomic mass is 10.0. The highest BCUT2D eigenvalue weighted by atomic mass is 79.9. The summed E-state index contributed by atoms with van der Waals surface area (Å²) >= 11 is 10.7. The van der Waals surface area contributed by atoms with E-state index in [1.165, 1.54) is 6.07 Å². The van der Waals surface area contributed by atoms with Gasteiger partial charge in [-0.15, -0.1) is 11.3 Å². The molecule has 17 heavy (non-hydrogen) atoms. The van der Waals surface area contributed by atoms with Gasteiger partial charge < -0.3 is 5.73 Å². The van der Waals surface area contributed by atoms with Gasteiger partial charge >= 0.3 is 0 Å². The Bertz CT molecular complexity index is 529. The maximum absolute atomic E-state index is 13.6. The van der Waals surface area contributed by atoms with E-state index in [-0.39, 0.29) is 11.9 Å². The zero-order chi connectivity index (χ0) is 12.4. The second-order valence-electron chi connectivity index (χ2n) is 3.73. The van der Waals surface area contributed by atoms with Crippen LogP contribution in [0.25, 0.3) is 0 Å². The number of benzene rings is 1. The second kappa shape index (κ2) is 5.48. The topological polar surface area (TPSA) is 26.0 Å². The van der Waals surface area contributed by atoms with E-state index < -0.39 is 0 Å². The lowest BCUT2D eigenvalue weighted by molar-refractivity contribution is 0.594. The number of hydrogen-bond donors (Lipinski definition) is 1. The van der Waals surface area contributed by atoms with Crippen molar-refractivity contribution in [2.75, 3.05) is 0 Å². The van der Waals surface area contributed by atoms with Gasteiger partial charge in [0.2, 0.25) is 0 Å². The minimum absolute atomic E-state index is 0.201. The first-order chi connectivity index (χ1) is 8.06. The Kier molecular flexibility index (Phi) is 4.20. The fraction of sp³-hybridized carbons (Fsp3) is 0.167. The number of thiophene rings is 1.